The number of aromatic nitrogens is 1. The third kappa shape index (κ3) is 4.24. The van der Waals surface area contributed by atoms with E-state index < -0.39 is 20.8 Å². The van der Waals surface area contributed by atoms with Crippen LogP contribution < -0.4 is 4.74 Å². The Morgan fingerprint density at radius 1 is 1.26 bits per heavy atom. The lowest BCUT2D eigenvalue weighted by molar-refractivity contribution is -0.384. The Kier molecular flexibility index (Phi) is 5.40. The number of hydrogen-bond acceptors (Lipinski definition) is 6. The van der Waals surface area contributed by atoms with Gasteiger partial charge in [-0.1, -0.05) is 12.1 Å². The van der Waals surface area contributed by atoms with E-state index in [0.29, 0.717) is 28.6 Å². The van der Waals surface area contributed by atoms with E-state index in [9.17, 15) is 23.3 Å². The molecule has 1 fully saturated rings. The van der Waals surface area contributed by atoms with Crippen LogP contribution in [-0.4, -0.2) is 53.8 Å². The van der Waals surface area contributed by atoms with Gasteiger partial charge in [0.2, 0.25) is 0 Å². The molecule has 1 aliphatic rings. The summed E-state index contributed by atoms with van der Waals surface area (Å²) in [5.41, 5.74) is 1.59. The van der Waals surface area contributed by atoms with Crippen LogP contribution in [0.15, 0.2) is 48.7 Å². The van der Waals surface area contributed by atoms with Crippen LogP contribution in [0.4, 0.5) is 5.69 Å². The van der Waals surface area contributed by atoms with E-state index in [4.69, 9.17) is 4.74 Å². The number of methoxy groups -OCH3 is 1. The quantitative estimate of drug-likeness (QED) is 0.462. The highest BCUT2D eigenvalue weighted by Gasteiger charge is 2.35. The molecule has 10 heteroatoms. The van der Waals surface area contributed by atoms with Crippen molar-refractivity contribution in [3.05, 3.63) is 69.9 Å². The van der Waals surface area contributed by atoms with Crippen molar-refractivity contribution in [3.8, 4) is 5.75 Å². The van der Waals surface area contributed by atoms with E-state index in [1.54, 1.807) is 24.1 Å². The first-order valence-electron chi connectivity index (χ1n) is 9.67. The number of ether oxygens (including phenoxy) is 1. The number of amides is 1. The SMILES string of the molecule is COc1ccc(CN(C(=O)c2c[nH]c3cc([N+](=O)[O-])ccc23)[C@@H]2CCS(=O)(=O)C2)cc1. The topological polar surface area (TPSA) is 123 Å². The second-order valence-corrected chi connectivity index (χ2v) is 9.76. The summed E-state index contributed by atoms with van der Waals surface area (Å²) < 4.78 is 29.3. The summed E-state index contributed by atoms with van der Waals surface area (Å²) in [6.45, 7) is 0.239. The second-order valence-electron chi connectivity index (χ2n) is 7.53. The van der Waals surface area contributed by atoms with Crippen LogP contribution in [0.1, 0.15) is 22.3 Å². The fraction of sp³-hybridized carbons (Fsp3) is 0.286. The number of nitrogens with zero attached hydrogens (tertiary/aromatic N) is 2. The number of benzene rings is 2. The minimum Gasteiger partial charge on any atom is -0.497 e. The van der Waals surface area contributed by atoms with Gasteiger partial charge in [-0.25, -0.2) is 8.42 Å². The van der Waals surface area contributed by atoms with Gasteiger partial charge in [-0.15, -0.1) is 0 Å². The highest BCUT2D eigenvalue weighted by atomic mass is 32.2. The Morgan fingerprint density at radius 3 is 2.61 bits per heavy atom. The van der Waals surface area contributed by atoms with Crippen LogP contribution in [0, 0.1) is 10.1 Å². The summed E-state index contributed by atoms with van der Waals surface area (Å²) in [6.07, 6.45) is 1.89. The van der Waals surface area contributed by atoms with Crippen molar-refractivity contribution in [2.75, 3.05) is 18.6 Å². The molecule has 1 aromatic heterocycles. The number of non-ortho nitro benzene ring substituents is 1. The predicted molar refractivity (Wildman–Crippen MR) is 115 cm³/mol. The molecule has 1 atom stereocenters. The Morgan fingerprint density at radius 2 is 2.00 bits per heavy atom. The van der Waals surface area contributed by atoms with Gasteiger partial charge >= 0.3 is 0 Å². The molecule has 1 N–H and O–H groups in total. The molecule has 0 saturated carbocycles. The van der Waals surface area contributed by atoms with Gasteiger partial charge in [-0.05, 0) is 30.2 Å². The average Bonchev–Trinajstić information content (AvgIpc) is 3.34. The van der Waals surface area contributed by atoms with Crippen LogP contribution >= 0.6 is 0 Å². The minimum absolute atomic E-state index is 0.0458. The van der Waals surface area contributed by atoms with Crippen LogP contribution in [0.5, 0.6) is 5.75 Å². The Balaban J connectivity index is 1.69. The van der Waals surface area contributed by atoms with E-state index in [2.05, 4.69) is 4.98 Å². The molecule has 0 spiro atoms. The average molecular weight is 443 g/mol. The van der Waals surface area contributed by atoms with Crippen molar-refractivity contribution in [1.29, 1.82) is 0 Å². The van der Waals surface area contributed by atoms with Crippen molar-refractivity contribution < 1.29 is 22.9 Å². The number of fused-ring (bicyclic) bond motifs is 1. The Hall–Kier alpha value is -3.40. The van der Waals surface area contributed by atoms with Gasteiger partial charge < -0.3 is 14.6 Å². The molecule has 2 heterocycles. The lowest BCUT2D eigenvalue weighted by Gasteiger charge is -2.28. The molecular formula is C21H21N3O6S. The zero-order valence-electron chi connectivity index (χ0n) is 16.8. The molecule has 4 rings (SSSR count). The van der Waals surface area contributed by atoms with Gasteiger partial charge in [0.05, 0.1) is 34.6 Å². The van der Waals surface area contributed by atoms with Gasteiger partial charge in [0.25, 0.3) is 11.6 Å². The monoisotopic (exact) mass is 443 g/mol. The first-order valence-corrected chi connectivity index (χ1v) is 11.5. The number of carbonyl (C=O) groups is 1. The number of nitro benzene ring substituents is 1. The highest BCUT2D eigenvalue weighted by Crippen LogP contribution is 2.28. The van der Waals surface area contributed by atoms with E-state index >= 15 is 0 Å². The van der Waals surface area contributed by atoms with Crippen LogP contribution in [0.2, 0.25) is 0 Å². The number of hydrogen-bond donors (Lipinski definition) is 1. The Bertz CT molecular complexity index is 1250. The molecule has 9 nitrogen and oxygen atoms in total. The fourth-order valence-electron chi connectivity index (χ4n) is 3.87. The number of nitro groups is 1. The van der Waals surface area contributed by atoms with E-state index in [1.165, 1.54) is 24.4 Å². The first kappa shape index (κ1) is 20.9. The maximum absolute atomic E-state index is 13.5. The van der Waals surface area contributed by atoms with Gasteiger partial charge in [0.15, 0.2) is 9.84 Å². The molecule has 0 aliphatic carbocycles. The second kappa shape index (κ2) is 8.03. The third-order valence-electron chi connectivity index (χ3n) is 5.53. The highest BCUT2D eigenvalue weighted by molar-refractivity contribution is 7.91. The predicted octanol–water partition coefficient (Wildman–Crippen LogP) is 2.91. The summed E-state index contributed by atoms with van der Waals surface area (Å²) in [6, 6.07) is 11.1. The first-order chi connectivity index (χ1) is 14.8. The zero-order chi connectivity index (χ0) is 22.2. The van der Waals surface area contributed by atoms with E-state index in [0.717, 1.165) is 5.56 Å². The molecule has 1 aliphatic heterocycles. The molecule has 0 unspecified atom stereocenters. The van der Waals surface area contributed by atoms with Gasteiger partial charge in [0, 0.05) is 36.3 Å². The number of nitrogens with one attached hydrogen (secondary N) is 1. The number of H-pyrrole nitrogens is 1. The summed E-state index contributed by atoms with van der Waals surface area (Å²) in [7, 11) is -1.64. The summed E-state index contributed by atoms with van der Waals surface area (Å²) in [5.74, 6) is 0.327. The zero-order valence-corrected chi connectivity index (χ0v) is 17.6. The van der Waals surface area contributed by atoms with Crippen molar-refractivity contribution in [1.82, 2.24) is 9.88 Å². The molecular weight excluding hydrogens is 422 g/mol. The maximum Gasteiger partial charge on any atom is 0.271 e. The van der Waals surface area contributed by atoms with E-state index in [1.807, 2.05) is 12.1 Å². The summed E-state index contributed by atoms with van der Waals surface area (Å²) >= 11 is 0. The van der Waals surface area contributed by atoms with E-state index in [-0.39, 0.29) is 29.6 Å². The molecule has 2 aromatic carbocycles. The fourth-order valence-corrected chi connectivity index (χ4v) is 5.61. The van der Waals surface area contributed by atoms with Gasteiger partial charge in [0.1, 0.15) is 5.75 Å². The number of aromatic amines is 1. The molecule has 31 heavy (non-hydrogen) atoms. The maximum atomic E-state index is 13.5. The Labute approximate surface area is 178 Å². The third-order valence-corrected chi connectivity index (χ3v) is 7.28. The van der Waals surface area contributed by atoms with Crippen molar-refractivity contribution in [2.24, 2.45) is 0 Å². The molecule has 1 amide bonds. The lowest BCUT2D eigenvalue weighted by Crippen LogP contribution is -2.40. The standard InChI is InChI=1S/C21H21N3O6S/c1-30-17-5-2-14(3-6-17)12-23(16-8-9-31(28,29)13-16)21(25)19-11-22-20-10-15(24(26)27)4-7-18(19)20/h2-7,10-11,16,22H,8-9,12-13H2,1H3/t16-/m1/s1. The van der Waals surface area contributed by atoms with Gasteiger partial charge in [-0.3, -0.25) is 14.9 Å². The smallest absolute Gasteiger partial charge is 0.271 e. The molecule has 1 saturated heterocycles. The number of rotatable bonds is 6. The van der Waals surface area contributed by atoms with Crippen molar-refractivity contribution >= 4 is 32.3 Å². The molecule has 0 radical (unpaired) electrons. The molecule has 3 aromatic rings. The van der Waals surface area contributed by atoms with Crippen molar-refractivity contribution in [3.63, 3.8) is 0 Å². The van der Waals surface area contributed by atoms with Gasteiger partial charge in [-0.2, -0.15) is 0 Å². The molecule has 0 bridgehead atoms. The number of sulfone groups is 1. The lowest BCUT2D eigenvalue weighted by atomic mass is 10.1. The number of carbonyl (C=O) groups excluding carboxylic acids is 1. The van der Waals surface area contributed by atoms with Crippen LogP contribution in [0.3, 0.4) is 0 Å². The summed E-state index contributed by atoms with van der Waals surface area (Å²) in [4.78, 5) is 28.5. The largest absolute Gasteiger partial charge is 0.497 e. The summed E-state index contributed by atoms with van der Waals surface area (Å²) in [5, 5.41) is 11.6. The minimum atomic E-state index is -3.20. The normalized spacial score (nSPS) is 17.5. The van der Waals surface area contributed by atoms with Crippen LogP contribution in [-0.2, 0) is 16.4 Å². The molecule has 162 valence electrons. The van der Waals surface area contributed by atoms with Crippen LogP contribution in [0.25, 0.3) is 10.9 Å². The van der Waals surface area contributed by atoms with Crippen molar-refractivity contribution in [2.45, 2.75) is 19.0 Å².